The normalized spacial score (nSPS) is 16.2. The molecule has 0 radical (unpaired) electrons. The van der Waals surface area contributed by atoms with Crippen LogP contribution in [0.15, 0.2) is 4.42 Å². The van der Waals surface area contributed by atoms with E-state index in [-0.39, 0.29) is 23.8 Å². The average molecular weight is 326 g/mol. The Morgan fingerprint density at radius 1 is 1.32 bits per heavy atom. The Kier molecular flexibility index (Phi) is 4.54. The summed E-state index contributed by atoms with van der Waals surface area (Å²) in [6.07, 6.45) is 3.26. The highest BCUT2D eigenvalue weighted by Gasteiger charge is 2.34. The largest absolute Gasteiger partial charge is 0.455 e. The van der Waals surface area contributed by atoms with Crippen molar-refractivity contribution in [2.45, 2.75) is 38.5 Å². The Hall–Kier alpha value is -1.53. The highest BCUT2D eigenvalue weighted by molar-refractivity contribution is 5.89. The van der Waals surface area contributed by atoms with Crippen LogP contribution in [0.4, 0.5) is 11.8 Å². The van der Waals surface area contributed by atoms with Crippen LogP contribution in [-0.4, -0.2) is 30.1 Å². The van der Waals surface area contributed by atoms with Gasteiger partial charge in [-0.15, -0.1) is 12.4 Å². The van der Waals surface area contributed by atoms with Gasteiger partial charge in [0.25, 0.3) is 0 Å². The van der Waals surface area contributed by atoms with Crippen LogP contribution >= 0.6 is 12.4 Å². The zero-order valence-electron chi connectivity index (χ0n) is 13.3. The van der Waals surface area contributed by atoms with E-state index in [1.807, 2.05) is 11.9 Å². The van der Waals surface area contributed by atoms with E-state index < -0.39 is 0 Å². The van der Waals surface area contributed by atoms with Crippen molar-refractivity contribution in [1.29, 1.82) is 0 Å². The Morgan fingerprint density at radius 2 is 2.05 bits per heavy atom. The van der Waals surface area contributed by atoms with Crippen molar-refractivity contribution in [2.24, 2.45) is 5.73 Å². The van der Waals surface area contributed by atoms with Crippen LogP contribution in [0, 0.1) is 0 Å². The molecule has 0 saturated heterocycles. The van der Waals surface area contributed by atoms with Gasteiger partial charge in [0, 0.05) is 31.1 Å². The minimum atomic E-state index is 0. The number of likely N-dealkylation sites (N-methyl/N-ethyl adjacent to an activating group) is 1. The fourth-order valence-corrected chi connectivity index (χ4v) is 3.18. The Morgan fingerprint density at radius 3 is 2.73 bits per heavy atom. The second-order valence-corrected chi connectivity index (χ2v) is 6.44. The summed E-state index contributed by atoms with van der Waals surface area (Å²) < 4.78 is 6.20. The predicted octanol–water partition coefficient (Wildman–Crippen LogP) is 2.24. The van der Waals surface area contributed by atoms with E-state index >= 15 is 0 Å². The molecule has 2 aromatic heterocycles. The van der Waals surface area contributed by atoms with Crippen LogP contribution in [0.1, 0.15) is 38.0 Å². The molecule has 3 rings (SSSR count). The van der Waals surface area contributed by atoms with Gasteiger partial charge in [-0.25, -0.2) is 4.98 Å². The topological polar surface area (TPSA) is 94.2 Å². The van der Waals surface area contributed by atoms with E-state index in [0.717, 1.165) is 41.9 Å². The molecule has 0 spiro atoms. The van der Waals surface area contributed by atoms with Gasteiger partial charge in [-0.05, 0) is 19.3 Å². The van der Waals surface area contributed by atoms with E-state index in [2.05, 4.69) is 23.8 Å². The minimum absolute atomic E-state index is 0. The molecule has 0 amide bonds. The fourth-order valence-electron chi connectivity index (χ4n) is 3.18. The molecule has 2 heterocycles. The van der Waals surface area contributed by atoms with Crippen LogP contribution in [0.3, 0.4) is 0 Å². The summed E-state index contributed by atoms with van der Waals surface area (Å²) in [5, 5.41) is 0. The number of hydrogen-bond donors (Lipinski definition) is 2. The SMILES string of the molecule is CN(CCN)c1nc(N)nc2c3c(oc12)C(C)(C)CCC3.Cl. The molecule has 4 N–H and O–H groups in total. The number of fused-ring (bicyclic) bond motifs is 3. The van der Waals surface area contributed by atoms with Crippen molar-refractivity contribution in [2.75, 3.05) is 30.8 Å². The van der Waals surface area contributed by atoms with Crippen molar-refractivity contribution in [3.05, 3.63) is 11.3 Å². The molecule has 1 aliphatic carbocycles. The molecule has 0 atom stereocenters. The smallest absolute Gasteiger partial charge is 0.222 e. The van der Waals surface area contributed by atoms with Crippen molar-refractivity contribution < 1.29 is 4.42 Å². The summed E-state index contributed by atoms with van der Waals surface area (Å²) in [5.41, 5.74) is 14.4. The quantitative estimate of drug-likeness (QED) is 0.898. The van der Waals surface area contributed by atoms with E-state index in [1.165, 1.54) is 5.56 Å². The summed E-state index contributed by atoms with van der Waals surface area (Å²) >= 11 is 0. The molecule has 0 aliphatic heterocycles. The maximum absolute atomic E-state index is 6.20. The number of anilines is 2. The summed E-state index contributed by atoms with van der Waals surface area (Å²) in [6, 6.07) is 0. The van der Waals surface area contributed by atoms with Gasteiger partial charge in [0.05, 0.1) is 0 Å². The molecule has 0 fully saturated rings. The molecule has 6 nitrogen and oxygen atoms in total. The fraction of sp³-hybridized carbons (Fsp3) is 0.600. The molecular formula is C15H24ClN5O. The third-order valence-electron chi connectivity index (χ3n) is 4.30. The predicted molar refractivity (Wildman–Crippen MR) is 91.8 cm³/mol. The van der Waals surface area contributed by atoms with E-state index in [0.29, 0.717) is 13.1 Å². The maximum atomic E-state index is 6.20. The van der Waals surface area contributed by atoms with Gasteiger partial charge < -0.3 is 20.8 Å². The number of nitrogens with two attached hydrogens (primary N) is 2. The van der Waals surface area contributed by atoms with Crippen LogP contribution in [0.25, 0.3) is 11.1 Å². The number of nitrogen functional groups attached to an aromatic ring is 1. The molecular weight excluding hydrogens is 302 g/mol. The monoisotopic (exact) mass is 325 g/mol. The second kappa shape index (κ2) is 5.93. The first-order valence-corrected chi connectivity index (χ1v) is 7.44. The Labute approximate surface area is 136 Å². The number of halogens is 1. The number of aromatic nitrogens is 2. The van der Waals surface area contributed by atoms with Gasteiger partial charge >= 0.3 is 0 Å². The lowest BCUT2D eigenvalue weighted by Gasteiger charge is -2.27. The number of rotatable bonds is 3. The highest BCUT2D eigenvalue weighted by atomic mass is 35.5. The van der Waals surface area contributed by atoms with Gasteiger partial charge in [-0.1, -0.05) is 13.8 Å². The minimum Gasteiger partial charge on any atom is -0.455 e. The van der Waals surface area contributed by atoms with Crippen molar-refractivity contribution in [1.82, 2.24) is 9.97 Å². The molecule has 2 aromatic rings. The van der Waals surface area contributed by atoms with Crippen LogP contribution in [0.5, 0.6) is 0 Å². The second-order valence-electron chi connectivity index (χ2n) is 6.44. The maximum Gasteiger partial charge on any atom is 0.222 e. The lowest BCUT2D eigenvalue weighted by Crippen LogP contribution is -2.26. The molecule has 0 saturated carbocycles. The molecule has 7 heteroatoms. The van der Waals surface area contributed by atoms with Gasteiger partial charge in [-0.3, -0.25) is 0 Å². The molecule has 0 aromatic carbocycles. The first-order chi connectivity index (χ1) is 9.94. The number of furan rings is 1. The third kappa shape index (κ3) is 2.61. The van der Waals surface area contributed by atoms with E-state index in [1.54, 1.807) is 0 Å². The Balaban J connectivity index is 0.00000176. The summed E-state index contributed by atoms with van der Waals surface area (Å²) in [7, 11) is 1.95. The summed E-state index contributed by atoms with van der Waals surface area (Å²) in [6.45, 7) is 5.68. The van der Waals surface area contributed by atoms with Crippen LogP contribution in [0.2, 0.25) is 0 Å². The van der Waals surface area contributed by atoms with Crippen molar-refractivity contribution >= 4 is 35.3 Å². The molecule has 22 heavy (non-hydrogen) atoms. The van der Waals surface area contributed by atoms with E-state index in [9.17, 15) is 0 Å². The van der Waals surface area contributed by atoms with Crippen LogP contribution < -0.4 is 16.4 Å². The standard InChI is InChI=1S/C15H23N5O.ClH/c1-15(2)6-4-5-9-10-11(21-12(9)15)13(19-14(17)18-10)20(3)8-7-16;/h4-8,16H2,1-3H3,(H2,17,18,19);1H. The summed E-state index contributed by atoms with van der Waals surface area (Å²) in [4.78, 5) is 10.8. The first-order valence-electron chi connectivity index (χ1n) is 7.44. The first kappa shape index (κ1) is 16.8. The van der Waals surface area contributed by atoms with Crippen molar-refractivity contribution in [3.8, 4) is 0 Å². The zero-order valence-corrected chi connectivity index (χ0v) is 14.2. The molecule has 0 unspecified atom stereocenters. The van der Waals surface area contributed by atoms with Crippen molar-refractivity contribution in [3.63, 3.8) is 0 Å². The molecule has 122 valence electrons. The lowest BCUT2D eigenvalue weighted by molar-refractivity contribution is 0.345. The third-order valence-corrected chi connectivity index (χ3v) is 4.30. The molecule has 1 aliphatic rings. The number of hydrogen-bond acceptors (Lipinski definition) is 6. The van der Waals surface area contributed by atoms with Gasteiger partial charge in [0.1, 0.15) is 11.3 Å². The van der Waals surface area contributed by atoms with Gasteiger partial charge in [-0.2, -0.15) is 4.98 Å². The molecule has 0 bridgehead atoms. The highest BCUT2D eigenvalue weighted by Crippen LogP contribution is 2.43. The number of aryl methyl sites for hydroxylation is 1. The zero-order chi connectivity index (χ0) is 15.2. The van der Waals surface area contributed by atoms with Crippen LogP contribution in [-0.2, 0) is 11.8 Å². The number of nitrogens with zero attached hydrogens (tertiary/aromatic N) is 3. The Bertz CT molecular complexity index is 682. The lowest BCUT2D eigenvalue weighted by atomic mass is 9.77. The van der Waals surface area contributed by atoms with Gasteiger partial charge in [0.2, 0.25) is 5.95 Å². The van der Waals surface area contributed by atoms with E-state index in [4.69, 9.17) is 15.9 Å². The summed E-state index contributed by atoms with van der Waals surface area (Å²) in [5.74, 6) is 2.05. The van der Waals surface area contributed by atoms with Gasteiger partial charge in [0.15, 0.2) is 11.4 Å². The average Bonchev–Trinajstić information content (AvgIpc) is 2.78.